The lowest BCUT2D eigenvalue weighted by molar-refractivity contribution is -0.138. The first kappa shape index (κ1) is 17.0. The highest BCUT2D eigenvalue weighted by Gasteiger charge is 2.33. The van der Waals surface area contributed by atoms with E-state index in [1.165, 1.54) is 19.2 Å². The van der Waals surface area contributed by atoms with E-state index in [0.29, 0.717) is 0 Å². The normalized spacial score (nSPS) is 12.3. The van der Waals surface area contributed by atoms with Crippen LogP contribution in [0.25, 0.3) is 0 Å². The van der Waals surface area contributed by atoms with Gasteiger partial charge in [0.05, 0.1) is 11.2 Å². The van der Waals surface area contributed by atoms with Crippen LogP contribution in [0.3, 0.4) is 0 Å². The first-order chi connectivity index (χ1) is 9.07. The van der Waals surface area contributed by atoms with Crippen LogP contribution in [-0.2, 0) is 10.9 Å². The number of hydrogen-bond acceptors (Lipinski definition) is 2. The highest BCUT2D eigenvalue weighted by Crippen LogP contribution is 2.35. The maximum atomic E-state index is 12.7. The fourth-order valence-corrected chi connectivity index (χ4v) is 1.82. The van der Waals surface area contributed by atoms with E-state index in [4.69, 9.17) is 4.74 Å². The Balaban J connectivity index is 2.90. The minimum Gasteiger partial charge on any atom is -0.377 e. The van der Waals surface area contributed by atoms with Gasteiger partial charge in [-0.25, -0.2) is 0 Å². The lowest BCUT2D eigenvalue weighted by Crippen LogP contribution is -2.39. The molecule has 0 aliphatic rings. The van der Waals surface area contributed by atoms with Crippen molar-refractivity contribution in [1.82, 2.24) is 5.32 Å². The zero-order valence-corrected chi connectivity index (χ0v) is 12.9. The number of carbonyl (C=O) groups is 1. The van der Waals surface area contributed by atoms with Crippen molar-refractivity contribution < 1.29 is 22.7 Å². The molecule has 0 saturated carbocycles. The van der Waals surface area contributed by atoms with Crippen molar-refractivity contribution in [1.29, 1.82) is 0 Å². The van der Waals surface area contributed by atoms with Gasteiger partial charge in [-0.3, -0.25) is 4.79 Å². The average molecular weight is 354 g/mol. The van der Waals surface area contributed by atoms with E-state index in [2.05, 4.69) is 21.2 Å². The van der Waals surface area contributed by atoms with E-state index < -0.39 is 23.2 Å². The van der Waals surface area contributed by atoms with Crippen LogP contribution >= 0.6 is 15.9 Å². The number of carbonyl (C=O) groups excluding carboxylic acids is 1. The van der Waals surface area contributed by atoms with Gasteiger partial charge in [0.15, 0.2) is 0 Å². The topological polar surface area (TPSA) is 38.3 Å². The summed E-state index contributed by atoms with van der Waals surface area (Å²) in [5, 5.41) is 2.54. The van der Waals surface area contributed by atoms with Crippen molar-refractivity contribution >= 4 is 21.8 Å². The molecule has 0 unspecified atom stereocenters. The van der Waals surface area contributed by atoms with Gasteiger partial charge in [-0.1, -0.05) is 15.9 Å². The highest BCUT2D eigenvalue weighted by atomic mass is 79.9. The predicted octanol–water partition coefficient (Wildman–Crippen LogP) is 3.62. The molecule has 0 fully saturated rings. The number of alkyl halides is 3. The molecule has 3 nitrogen and oxygen atoms in total. The first-order valence-corrected chi connectivity index (χ1v) is 6.56. The molecule has 1 aromatic carbocycles. The van der Waals surface area contributed by atoms with Crippen LogP contribution in [0.2, 0.25) is 0 Å². The van der Waals surface area contributed by atoms with Crippen molar-refractivity contribution in [3.63, 3.8) is 0 Å². The van der Waals surface area contributed by atoms with Crippen LogP contribution in [0.4, 0.5) is 13.2 Å². The SMILES string of the molecule is COC(C)(C)CNC(=O)c1ccc(Br)c(C(F)(F)F)c1. The molecule has 0 aromatic heterocycles. The van der Waals surface area contributed by atoms with Gasteiger partial charge < -0.3 is 10.1 Å². The maximum Gasteiger partial charge on any atom is 0.417 e. The van der Waals surface area contributed by atoms with Crippen LogP contribution in [0.5, 0.6) is 0 Å². The number of amides is 1. The third-order valence-electron chi connectivity index (χ3n) is 2.76. The number of hydrogen-bond donors (Lipinski definition) is 1. The summed E-state index contributed by atoms with van der Waals surface area (Å²) in [6, 6.07) is 3.35. The van der Waals surface area contributed by atoms with Gasteiger partial charge in [0.25, 0.3) is 5.91 Å². The smallest absolute Gasteiger partial charge is 0.377 e. The molecular weight excluding hydrogens is 339 g/mol. The van der Waals surface area contributed by atoms with E-state index in [0.717, 1.165) is 6.07 Å². The van der Waals surface area contributed by atoms with Crippen LogP contribution in [0.1, 0.15) is 29.8 Å². The molecule has 0 spiro atoms. The second-order valence-electron chi connectivity index (χ2n) is 4.84. The van der Waals surface area contributed by atoms with E-state index in [9.17, 15) is 18.0 Å². The lowest BCUT2D eigenvalue weighted by atomic mass is 10.1. The molecule has 0 heterocycles. The first-order valence-electron chi connectivity index (χ1n) is 5.77. The summed E-state index contributed by atoms with van der Waals surface area (Å²) in [6.45, 7) is 3.71. The number of ether oxygens (including phenoxy) is 1. The summed E-state index contributed by atoms with van der Waals surface area (Å²) >= 11 is 2.83. The van der Waals surface area contributed by atoms with Crippen molar-refractivity contribution in [3.8, 4) is 0 Å². The molecule has 20 heavy (non-hydrogen) atoms. The Morgan fingerprint density at radius 1 is 1.35 bits per heavy atom. The van der Waals surface area contributed by atoms with Gasteiger partial charge in [-0.05, 0) is 32.0 Å². The Kier molecular flexibility index (Phi) is 5.21. The zero-order valence-electron chi connectivity index (χ0n) is 11.3. The Bertz CT molecular complexity index is 501. The summed E-state index contributed by atoms with van der Waals surface area (Å²) in [5.41, 5.74) is -1.51. The van der Waals surface area contributed by atoms with Crippen LogP contribution in [0.15, 0.2) is 22.7 Å². The van der Waals surface area contributed by atoms with Gasteiger partial charge in [0, 0.05) is 23.7 Å². The third kappa shape index (κ3) is 4.49. The minimum atomic E-state index is -4.51. The summed E-state index contributed by atoms with van der Waals surface area (Å²) in [7, 11) is 1.49. The predicted molar refractivity (Wildman–Crippen MR) is 72.6 cm³/mol. The molecule has 1 rings (SSSR count). The number of halogens is 4. The molecule has 0 bridgehead atoms. The van der Waals surface area contributed by atoms with Crippen molar-refractivity contribution in [2.45, 2.75) is 25.6 Å². The minimum absolute atomic E-state index is 0.0487. The second-order valence-corrected chi connectivity index (χ2v) is 5.69. The second kappa shape index (κ2) is 6.13. The zero-order chi connectivity index (χ0) is 15.6. The Morgan fingerprint density at radius 3 is 2.45 bits per heavy atom. The van der Waals surface area contributed by atoms with E-state index in [1.807, 2.05) is 0 Å². The monoisotopic (exact) mass is 353 g/mol. The van der Waals surface area contributed by atoms with Gasteiger partial charge in [-0.15, -0.1) is 0 Å². The molecule has 7 heteroatoms. The van der Waals surface area contributed by atoms with Gasteiger partial charge >= 0.3 is 6.18 Å². The molecule has 0 radical (unpaired) electrons. The number of nitrogens with one attached hydrogen (secondary N) is 1. The average Bonchev–Trinajstić information content (AvgIpc) is 2.35. The van der Waals surface area contributed by atoms with Crippen LogP contribution in [0, 0.1) is 0 Å². The van der Waals surface area contributed by atoms with Gasteiger partial charge in [-0.2, -0.15) is 13.2 Å². The Hall–Kier alpha value is -1.08. The van der Waals surface area contributed by atoms with Crippen LogP contribution < -0.4 is 5.32 Å². The highest BCUT2D eigenvalue weighted by molar-refractivity contribution is 9.10. The summed E-state index contributed by atoms with van der Waals surface area (Å²) in [6.07, 6.45) is -4.51. The molecule has 112 valence electrons. The van der Waals surface area contributed by atoms with Gasteiger partial charge in [0.2, 0.25) is 0 Å². The fraction of sp³-hybridized carbons (Fsp3) is 0.462. The molecule has 0 aliphatic carbocycles. The molecule has 0 saturated heterocycles. The van der Waals surface area contributed by atoms with E-state index >= 15 is 0 Å². The number of benzene rings is 1. The van der Waals surface area contributed by atoms with Gasteiger partial charge in [0.1, 0.15) is 0 Å². The van der Waals surface area contributed by atoms with E-state index in [-0.39, 0.29) is 16.6 Å². The summed E-state index contributed by atoms with van der Waals surface area (Å²) in [5.74, 6) is -0.576. The molecule has 0 aliphatic heterocycles. The summed E-state index contributed by atoms with van der Waals surface area (Å²) in [4.78, 5) is 11.8. The van der Waals surface area contributed by atoms with Crippen molar-refractivity contribution in [3.05, 3.63) is 33.8 Å². The molecule has 1 amide bonds. The van der Waals surface area contributed by atoms with E-state index in [1.54, 1.807) is 13.8 Å². The van der Waals surface area contributed by atoms with Crippen molar-refractivity contribution in [2.24, 2.45) is 0 Å². The number of methoxy groups -OCH3 is 1. The molecular formula is C13H15BrF3NO2. The quantitative estimate of drug-likeness (QED) is 0.897. The van der Waals surface area contributed by atoms with Crippen LogP contribution in [-0.4, -0.2) is 25.2 Å². The molecule has 0 atom stereocenters. The Labute approximate surface area is 123 Å². The fourth-order valence-electron chi connectivity index (χ4n) is 1.35. The maximum absolute atomic E-state index is 12.7. The Morgan fingerprint density at radius 2 is 1.95 bits per heavy atom. The third-order valence-corrected chi connectivity index (χ3v) is 3.45. The largest absolute Gasteiger partial charge is 0.417 e. The molecule has 1 aromatic rings. The van der Waals surface area contributed by atoms with Crippen molar-refractivity contribution in [2.75, 3.05) is 13.7 Å². The standard InChI is InChI=1S/C13H15BrF3NO2/c1-12(2,20-3)7-18-11(19)8-4-5-10(14)9(6-8)13(15,16)17/h4-6H,7H2,1-3H3,(H,18,19). The number of rotatable bonds is 4. The molecule has 1 N–H and O–H groups in total. The lowest BCUT2D eigenvalue weighted by Gasteiger charge is -2.23. The summed E-state index contributed by atoms with van der Waals surface area (Å²) < 4.78 is 43.2.